The Morgan fingerprint density at radius 3 is 2.31 bits per heavy atom. The van der Waals surface area contributed by atoms with Gasteiger partial charge in [-0.15, -0.1) is 0 Å². The lowest BCUT2D eigenvalue weighted by Gasteiger charge is -2.31. The molecule has 2 aromatic carbocycles. The first kappa shape index (κ1) is 29.5. The van der Waals surface area contributed by atoms with Crippen LogP contribution in [-0.4, -0.2) is 57.6 Å². The number of sulfonamides is 1. The molecule has 0 aliphatic heterocycles. The van der Waals surface area contributed by atoms with E-state index in [0.717, 1.165) is 18.2 Å². The standard InChI is InChI=1S/C26H36ClN3O5S/c1-5-17-28-26(32)24(6-2)29(19-20-10-7-8-11-23(20)27)25(31)12-9-18-30(36(4,33)34)21-13-15-22(35-3)16-14-21/h7-8,10-11,13-16,24H,5-6,9,12,17-19H2,1-4H3,(H,28,32)/t24-/m1/s1. The molecule has 0 aromatic heterocycles. The Bertz CT molecular complexity index is 1110. The van der Waals surface area contributed by atoms with E-state index in [1.807, 2.05) is 32.0 Å². The summed E-state index contributed by atoms with van der Waals surface area (Å²) < 4.78 is 31.3. The van der Waals surface area contributed by atoms with E-state index in [-0.39, 0.29) is 37.7 Å². The monoisotopic (exact) mass is 537 g/mol. The molecule has 0 bridgehead atoms. The molecule has 2 amide bonds. The quantitative estimate of drug-likeness (QED) is 0.389. The van der Waals surface area contributed by atoms with Gasteiger partial charge >= 0.3 is 0 Å². The van der Waals surface area contributed by atoms with Crippen molar-refractivity contribution in [3.63, 3.8) is 0 Å². The highest BCUT2D eigenvalue weighted by Gasteiger charge is 2.29. The summed E-state index contributed by atoms with van der Waals surface area (Å²) in [4.78, 5) is 27.8. The molecule has 0 saturated heterocycles. The van der Waals surface area contributed by atoms with E-state index in [1.165, 1.54) is 11.4 Å². The van der Waals surface area contributed by atoms with E-state index in [2.05, 4.69) is 5.32 Å². The number of hydrogen-bond acceptors (Lipinski definition) is 5. The second kappa shape index (κ2) is 14.1. The summed E-state index contributed by atoms with van der Waals surface area (Å²) in [6, 6.07) is 13.3. The number of benzene rings is 2. The maximum atomic E-state index is 13.4. The van der Waals surface area contributed by atoms with Crippen molar-refractivity contribution in [1.82, 2.24) is 10.2 Å². The maximum absolute atomic E-state index is 13.4. The van der Waals surface area contributed by atoms with Crippen molar-refractivity contribution in [2.75, 3.05) is 30.8 Å². The predicted octanol–water partition coefficient (Wildman–Crippen LogP) is 4.23. The number of ether oxygens (including phenoxy) is 1. The van der Waals surface area contributed by atoms with Gasteiger partial charge in [0, 0.05) is 31.1 Å². The van der Waals surface area contributed by atoms with Crippen LogP contribution in [0.15, 0.2) is 48.5 Å². The average molecular weight is 538 g/mol. The molecule has 0 spiro atoms. The van der Waals surface area contributed by atoms with Gasteiger partial charge in [0.15, 0.2) is 0 Å². The second-order valence-electron chi connectivity index (χ2n) is 8.46. The Balaban J connectivity index is 2.20. The minimum absolute atomic E-state index is 0.0736. The van der Waals surface area contributed by atoms with Gasteiger partial charge < -0.3 is 15.0 Å². The fraction of sp³-hybridized carbons (Fsp3) is 0.462. The first-order valence-corrected chi connectivity index (χ1v) is 14.3. The average Bonchev–Trinajstić information content (AvgIpc) is 2.85. The Morgan fingerprint density at radius 1 is 1.08 bits per heavy atom. The number of rotatable bonds is 14. The molecule has 0 aliphatic carbocycles. The number of carbonyl (C=O) groups excluding carboxylic acids is 2. The van der Waals surface area contributed by atoms with Gasteiger partial charge in [0.2, 0.25) is 21.8 Å². The number of amides is 2. The lowest BCUT2D eigenvalue weighted by atomic mass is 10.1. The summed E-state index contributed by atoms with van der Waals surface area (Å²) in [7, 11) is -2.03. The summed E-state index contributed by atoms with van der Waals surface area (Å²) >= 11 is 6.35. The first-order valence-electron chi connectivity index (χ1n) is 12.0. The van der Waals surface area contributed by atoms with Gasteiger partial charge in [-0.2, -0.15) is 0 Å². The van der Waals surface area contributed by atoms with Crippen molar-refractivity contribution in [2.24, 2.45) is 0 Å². The summed E-state index contributed by atoms with van der Waals surface area (Å²) in [5.41, 5.74) is 1.23. The van der Waals surface area contributed by atoms with Gasteiger partial charge in [-0.1, -0.05) is 43.6 Å². The summed E-state index contributed by atoms with van der Waals surface area (Å²) in [6.45, 7) is 4.65. The molecule has 1 N–H and O–H groups in total. The second-order valence-corrected chi connectivity index (χ2v) is 10.8. The fourth-order valence-corrected chi connectivity index (χ4v) is 5.01. The van der Waals surface area contributed by atoms with Gasteiger partial charge in [-0.05, 0) is 55.2 Å². The van der Waals surface area contributed by atoms with E-state index in [9.17, 15) is 18.0 Å². The van der Waals surface area contributed by atoms with Crippen molar-refractivity contribution < 1.29 is 22.7 Å². The number of anilines is 1. The third-order valence-corrected chi connectivity index (χ3v) is 7.31. The SMILES string of the molecule is CCCNC(=O)[C@@H](CC)N(Cc1ccccc1Cl)C(=O)CCCN(c1ccc(OC)cc1)S(C)(=O)=O. The highest BCUT2D eigenvalue weighted by Crippen LogP contribution is 2.23. The van der Waals surface area contributed by atoms with Crippen LogP contribution in [0.3, 0.4) is 0 Å². The molecule has 2 aromatic rings. The van der Waals surface area contributed by atoms with Gasteiger partial charge in [-0.25, -0.2) is 8.42 Å². The maximum Gasteiger partial charge on any atom is 0.242 e. The van der Waals surface area contributed by atoms with Crippen LogP contribution in [0.4, 0.5) is 5.69 Å². The molecule has 0 saturated carbocycles. The van der Waals surface area contributed by atoms with Crippen molar-refractivity contribution in [3.8, 4) is 5.75 Å². The Hall–Kier alpha value is -2.78. The zero-order valence-electron chi connectivity index (χ0n) is 21.4. The smallest absolute Gasteiger partial charge is 0.242 e. The zero-order valence-corrected chi connectivity index (χ0v) is 22.9. The fourth-order valence-electron chi connectivity index (χ4n) is 3.85. The van der Waals surface area contributed by atoms with Crippen LogP contribution < -0.4 is 14.4 Å². The zero-order chi connectivity index (χ0) is 26.7. The lowest BCUT2D eigenvalue weighted by Crippen LogP contribution is -2.49. The van der Waals surface area contributed by atoms with Gasteiger partial charge in [0.05, 0.1) is 19.1 Å². The van der Waals surface area contributed by atoms with E-state index in [4.69, 9.17) is 16.3 Å². The van der Waals surface area contributed by atoms with Gasteiger partial charge in [0.1, 0.15) is 11.8 Å². The van der Waals surface area contributed by atoms with Crippen LogP contribution in [0.25, 0.3) is 0 Å². The number of nitrogens with zero attached hydrogens (tertiary/aromatic N) is 2. The van der Waals surface area contributed by atoms with Crippen LogP contribution in [0.5, 0.6) is 5.75 Å². The van der Waals surface area contributed by atoms with Crippen LogP contribution in [0.1, 0.15) is 45.1 Å². The summed E-state index contributed by atoms with van der Waals surface area (Å²) in [6.07, 6.45) is 2.71. The van der Waals surface area contributed by atoms with Crippen LogP contribution in [-0.2, 0) is 26.2 Å². The summed E-state index contributed by atoms with van der Waals surface area (Å²) in [5.74, 6) is 0.164. The molecule has 0 unspecified atom stereocenters. The van der Waals surface area contributed by atoms with E-state index >= 15 is 0 Å². The minimum atomic E-state index is -3.57. The molecular formula is C26H36ClN3O5S. The van der Waals surface area contributed by atoms with Crippen molar-refractivity contribution in [1.29, 1.82) is 0 Å². The van der Waals surface area contributed by atoms with Crippen molar-refractivity contribution in [2.45, 2.75) is 52.1 Å². The van der Waals surface area contributed by atoms with Gasteiger partial charge in [0.25, 0.3) is 0 Å². The normalized spacial score (nSPS) is 12.0. The largest absolute Gasteiger partial charge is 0.497 e. The third kappa shape index (κ3) is 8.41. The molecule has 0 radical (unpaired) electrons. The Kier molecular flexibility index (Phi) is 11.5. The number of carbonyl (C=O) groups is 2. The molecule has 0 heterocycles. The molecule has 8 nitrogen and oxygen atoms in total. The molecule has 36 heavy (non-hydrogen) atoms. The number of halogens is 1. The summed E-state index contributed by atoms with van der Waals surface area (Å²) in [5, 5.41) is 3.40. The van der Waals surface area contributed by atoms with Gasteiger partial charge in [-0.3, -0.25) is 13.9 Å². The molecule has 0 fully saturated rings. The van der Waals surface area contributed by atoms with E-state index in [1.54, 1.807) is 35.2 Å². The molecule has 0 aliphatic rings. The number of nitrogens with one attached hydrogen (secondary N) is 1. The van der Waals surface area contributed by atoms with E-state index < -0.39 is 16.1 Å². The number of hydrogen-bond donors (Lipinski definition) is 1. The topological polar surface area (TPSA) is 96.0 Å². The molecular weight excluding hydrogens is 502 g/mol. The third-order valence-electron chi connectivity index (χ3n) is 5.75. The molecule has 1 atom stereocenters. The van der Waals surface area contributed by atoms with Crippen molar-refractivity contribution >= 4 is 39.1 Å². The Labute approximate surface area is 219 Å². The number of methoxy groups -OCH3 is 1. The van der Waals surface area contributed by atoms with Crippen LogP contribution >= 0.6 is 11.6 Å². The predicted molar refractivity (Wildman–Crippen MR) is 144 cm³/mol. The molecule has 198 valence electrons. The van der Waals surface area contributed by atoms with Crippen LogP contribution in [0, 0.1) is 0 Å². The first-order chi connectivity index (χ1) is 17.1. The van der Waals surface area contributed by atoms with E-state index in [0.29, 0.717) is 29.4 Å². The minimum Gasteiger partial charge on any atom is -0.497 e. The van der Waals surface area contributed by atoms with Crippen molar-refractivity contribution in [3.05, 3.63) is 59.1 Å². The molecule has 10 heteroatoms. The lowest BCUT2D eigenvalue weighted by molar-refractivity contribution is -0.141. The highest BCUT2D eigenvalue weighted by molar-refractivity contribution is 7.92. The Morgan fingerprint density at radius 2 is 1.75 bits per heavy atom. The molecule has 2 rings (SSSR count). The highest BCUT2D eigenvalue weighted by atomic mass is 35.5. The van der Waals surface area contributed by atoms with Crippen LogP contribution in [0.2, 0.25) is 5.02 Å².